The lowest BCUT2D eigenvalue weighted by atomic mass is 10.1. The van der Waals surface area contributed by atoms with Gasteiger partial charge in [0.25, 0.3) is 5.91 Å². The number of amides is 1. The summed E-state index contributed by atoms with van der Waals surface area (Å²) >= 11 is 3.31. The molecule has 0 unspecified atom stereocenters. The minimum atomic E-state index is -0.155. The molecule has 0 aliphatic rings. The van der Waals surface area contributed by atoms with Crippen molar-refractivity contribution in [1.29, 1.82) is 0 Å². The molecule has 7 heteroatoms. The van der Waals surface area contributed by atoms with Crippen LogP contribution in [0.15, 0.2) is 27.3 Å². The van der Waals surface area contributed by atoms with Crippen LogP contribution in [0.1, 0.15) is 10.4 Å². The molecular weight excluding hydrogens is 364 g/mol. The van der Waals surface area contributed by atoms with Gasteiger partial charge >= 0.3 is 0 Å². The first kappa shape index (κ1) is 17.8. The molecule has 2 aromatic rings. The van der Waals surface area contributed by atoms with Crippen molar-refractivity contribution in [3.63, 3.8) is 0 Å². The molecule has 126 valence electrons. The number of rotatable bonds is 8. The fourth-order valence-electron chi connectivity index (χ4n) is 2.06. The number of carbonyl (C=O) groups excluding carboxylic acids is 1. The summed E-state index contributed by atoms with van der Waals surface area (Å²) in [6.45, 7) is 2.23. The van der Waals surface area contributed by atoms with Crippen LogP contribution < -0.4 is 10.1 Å². The molecule has 0 atom stereocenters. The summed E-state index contributed by atoms with van der Waals surface area (Å²) in [5.74, 6) is 0.449. The Morgan fingerprint density at radius 2 is 2.09 bits per heavy atom. The van der Waals surface area contributed by atoms with Crippen LogP contribution >= 0.6 is 15.9 Å². The Labute approximate surface area is 143 Å². The molecule has 0 aliphatic heterocycles. The molecular formula is C16H21BrN2O4. The van der Waals surface area contributed by atoms with Crippen LogP contribution in [0, 0.1) is 0 Å². The maximum Gasteiger partial charge on any atom is 0.251 e. The Kier molecular flexibility index (Phi) is 6.44. The highest BCUT2D eigenvalue weighted by Crippen LogP contribution is 2.32. The number of hydrogen-bond acceptors (Lipinski definition) is 5. The van der Waals surface area contributed by atoms with Crippen molar-refractivity contribution < 1.29 is 18.7 Å². The van der Waals surface area contributed by atoms with E-state index in [-0.39, 0.29) is 5.91 Å². The molecule has 0 fully saturated rings. The lowest BCUT2D eigenvalue weighted by Crippen LogP contribution is -2.31. The van der Waals surface area contributed by atoms with E-state index in [1.54, 1.807) is 19.2 Å². The summed E-state index contributed by atoms with van der Waals surface area (Å²) in [5, 5.41) is 3.70. The van der Waals surface area contributed by atoms with Crippen molar-refractivity contribution in [3.8, 4) is 5.75 Å². The highest BCUT2D eigenvalue weighted by Gasteiger charge is 2.14. The summed E-state index contributed by atoms with van der Waals surface area (Å²) in [6, 6.07) is 5.27. The van der Waals surface area contributed by atoms with Crippen LogP contribution in [-0.2, 0) is 4.74 Å². The number of likely N-dealkylation sites (N-methyl/N-ethyl adjacent to an activating group) is 1. The maximum absolute atomic E-state index is 12.3. The second-order valence-electron chi connectivity index (χ2n) is 5.34. The molecule has 1 aromatic carbocycles. The van der Waals surface area contributed by atoms with E-state index >= 15 is 0 Å². The molecule has 1 amide bonds. The zero-order valence-electron chi connectivity index (χ0n) is 13.5. The molecule has 0 saturated heterocycles. The summed E-state index contributed by atoms with van der Waals surface area (Å²) in [7, 11) is 5.53. The SMILES string of the molecule is COCCOc1cc(C(=O)NCCN(C)C)cc2oc(Br)cc12. The van der Waals surface area contributed by atoms with Crippen molar-refractivity contribution in [2.75, 3.05) is 47.5 Å². The Morgan fingerprint density at radius 3 is 2.78 bits per heavy atom. The first-order valence-electron chi connectivity index (χ1n) is 7.29. The number of ether oxygens (including phenoxy) is 2. The van der Waals surface area contributed by atoms with Gasteiger partial charge in [-0.25, -0.2) is 0 Å². The number of nitrogens with one attached hydrogen (secondary N) is 1. The van der Waals surface area contributed by atoms with Gasteiger partial charge in [0, 0.05) is 31.8 Å². The number of nitrogens with zero attached hydrogens (tertiary/aromatic N) is 1. The average molecular weight is 385 g/mol. The molecule has 0 spiro atoms. The van der Waals surface area contributed by atoms with Crippen molar-refractivity contribution in [1.82, 2.24) is 10.2 Å². The third-order valence-electron chi connectivity index (χ3n) is 3.22. The number of benzene rings is 1. The van der Waals surface area contributed by atoms with Crippen molar-refractivity contribution >= 4 is 32.8 Å². The van der Waals surface area contributed by atoms with Crippen LogP contribution in [0.3, 0.4) is 0 Å². The number of furan rings is 1. The van der Waals surface area contributed by atoms with Gasteiger partial charge in [-0.05, 0) is 42.2 Å². The number of hydrogen-bond donors (Lipinski definition) is 1. The lowest BCUT2D eigenvalue weighted by molar-refractivity contribution is 0.0950. The van der Waals surface area contributed by atoms with Gasteiger partial charge in [0.2, 0.25) is 0 Å². The maximum atomic E-state index is 12.3. The smallest absolute Gasteiger partial charge is 0.251 e. The van der Waals surface area contributed by atoms with Gasteiger partial charge in [0.05, 0.1) is 12.0 Å². The quantitative estimate of drug-likeness (QED) is 0.708. The van der Waals surface area contributed by atoms with Crippen LogP contribution in [0.5, 0.6) is 5.75 Å². The molecule has 2 rings (SSSR count). The Morgan fingerprint density at radius 1 is 1.30 bits per heavy atom. The topological polar surface area (TPSA) is 63.9 Å². The van der Waals surface area contributed by atoms with Crippen molar-refractivity contribution in [3.05, 3.63) is 28.4 Å². The standard InChI is InChI=1S/C16H21BrN2O4/c1-19(2)5-4-18-16(20)11-8-13(22-7-6-21-3)12-10-15(17)23-14(12)9-11/h8-10H,4-7H2,1-3H3,(H,18,20). The van der Waals surface area contributed by atoms with Gasteiger partial charge in [-0.15, -0.1) is 0 Å². The van der Waals surface area contributed by atoms with Gasteiger partial charge in [-0.3, -0.25) is 4.79 Å². The third-order valence-corrected chi connectivity index (χ3v) is 3.61. The normalized spacial score (nSPS) is 11.2. The van der Waals surface area contributed by atoms with E-state index in [1.165, 1.54) is 0 Å². The van der Waals surface area contributed by atoms with Crippen LogP contribution in [0.4, 0.5) is 0 Å². The molecule has 1 N–H and O–H groups in total. The predicted molar refractivity (Wildman–Crippen MR) is 92.2 cm³/mol. The third kappa shape index (κ3) is 4.95. The lowest BCUT2D eigenvalue weighted by Gasteiger charge is -2.12. The number of carbonyl (C=O) groups is 1. The fraction of sp³-hybridized carbons (Fsp3) is 0.438. The van der Waals surface area contributed by atoms with Crippen LogP contribution in [0.25, 0.3) is 11.0 Å². The van der Waals surface area contributed by atoms with E-state index in [4.69, 9.17) is 13.9 Å². The Hall–Kier alpha value is -1.57. The van der Waals surface area contributed by atoms with Crippen LogP contribution in [-0.4, -0.2) is 58.3 Å². The summed E-state index contributed by atoms with van der Waals surface area (Å²) in [4.78, 5) is 14.3. The van der Waals surface area contributed by atoms with Crippen molar-refractivity contribution in [2.45, 2.75) is 0 Å². The highest BCUT2D eigenvalue weighted by atomic mass is 79.9. The van der Waals surface area contributed by atoms with Gasteiger partial charge in [-0.2, -0.15) is 0 Å². The Balaban J connectivity index is 2.20. The zero-order chi connectivity index (χ0) is 16.8. The van der Waals surface area contributed by atoms with Crippen LogP contribution in [0.2, 0.25) is 0 Å². The van der Waals surface area contributed by atoms with E-state index in [0.717, 1.165) is 11.9 Å². The molecule has 6 nitrogen and oxygen atoms in total. The monoisotopic (exact) mass is 384 g/mol. The van der Waals surface area contributed by atoms with Gasteiger partial charge in [0.15, 0.2) is 4.67 Å². The van der Waals surface area contributed by atoms with E-state index in [0.29, 0.717) is 41.3 Å². The number of methoxy groups -OCH3 is 1. The summed E-state index contributed by atoms with van der Waals surface area (Å²) in [6.07, 6.45) is 0. The van der Waals surface area contributed by atoms with E-state index in [9.17, 15) is 4.79 Å². The van der Waals surface area contributed by atoms with E-state index < -0.39 is 0 Å². The second kappa shape index (κ2) is 8.33. The summed E-state index contributed by atoms with van der Waals surface area (Å²) in [5.41, 5.74) is 1.11. The Bertz CT molecular complexity index is 669. The largest absolute Gasteiger partial charge is 0.490 e. The second-order valence-corrected chi connectivity index (χ2v) is 6.12. The van der Waals surface area contributed by atoms with Gasteiger partial charge < -0.3 is 24.1 Å². The first-order chi connectivity index (χ1) is 11.0. The first-order valence-corrected chi connectivity index (χ1v) is 8.08. The molecule has 0 saturated carbocycles. The molecule has 0 bridgehead atoms. The minimum Gasteiger partial charge on any atom is -0.490 e. The minimum absolute atomic E-state index is 0.155. The van der Waals surface area contributed by atoms with Gasteiger partial charge in [0.1, 0.15) is 17.9 Å². The highest BCUT2D eigenvalue weighted by molar-refractivity contribution is 9.10. The zero-order valence-corrected chi connectivity index (χ0v) is 15.1. The van der Waals surface area contributed by atoms with Gasteiger partial charge in [-0.1, -0.05) is 0 Å². The molecule has 0 aliphatic carbocycles. The van der Waals surface area contributed by atoms with Crippen molar-refractivity contribution in [2.24, 2.45) is 0 Å². The molecule has 1 aromatic heterocycles. The number of fused-ring (bicyclic) bond motifs is 1. The number of halogens is 1. The van der Waals surface area contributed by atoms with E-state index in [1.807, 2.05) is 25.1 Å². The van der Waals surface area contributed by atoms with E-state index in [2.05, 4.69) is 21.2 Å². The molecule has 0 radical (unpaired) electrons. The predicted octanol–water partition coefficient (Wildman–Crippen LogP) is 2.51. The summed E-state index contributed by atoms with van der Waals surface area (Å²) < 4.78 is 16.9. The molecule has 23 heavy (non-hydrogen) atoms. The molecule has 1 heterocycles. The fourth-order valence-corrected chi connectivity index (χ4v) is 2.46. The average Bonchev–Trinajstić information content (AvgIpc) is 2.87.